The van der Waals surface area contributed by atoms with E-state index in [2.05, 4.69) is 4.98 Å². The maximum atomic E-state index is 13.5. The monoisotopic (exact) mass is 532 g/mol. The first-order chi connectivity index (χ1) is 18.2. The van der Waals surface area contributed by atoms with Crippen LogP contribution in [0.5, 0.6) is 11.5 Å². The van der Waals surface area contributed by atoms with Crippen LogP contribution >= 0.6 is 11.3 Å². The third kappa shape index (κ3) is 4.47. The van der Waals surface area contributed by atoms with E-state index in [1.807, 2.05) is 13.8 Å². The fraction of sp³-hybridized carbons (Fsp3) is 0.310. The number of aromatic nitrogens is 1. The maximum absolute atomic E-state index is 13.5. The van der Waals surface area contributed by atoms with Gasteiger partial charge in [0.05, 0.1) is 28.8 Å². The first-order valence-electron chi connectivity index (χ1n) is 12.5. The molecule has 2 aromatic carbocycles. The van der Waals surface area contributed by atoms with E-state index < -0.39 is 17.7 Å². The Kier molecular flexibility index (Phi) is 6.79. The molecular formula is C29H28N2O6S. The molecular weight excluding hydrogens is 504 g/mol. The molecule has 38 heavy (non-hydrogen) atoms. The average Bonchev–Trinajstić information content (AvgIpc) is 3.54. The van der Waals surface area contributed by atoms with Crippen LogP contribution in [-0.2, 0) is 16.0 Å². The Bertz CT molecular complexity index is 1490. The molecule has 1 N–H and O–H groups in total. The number of carbonyl (C=O) groups is 3. The molecule has 0 spiro atoms. The van der Waals surface area contributed by atoms with Crippen LogP contribution in [0, 0.1) is 6.92 Å². The Morgan fingerprint density at radius 2 is 2.03 bits per heavy atom. The van der Waals surface area contributed by atoms with Crippen molar-refractivity contribution in [3.63, 3.8) is 0 Å². The lowest BCUT2D eigenvalue weighted by Gasteiger charge is -2.23. The molecule has 196 valence electrons. The number of rotatable bonds is 7. The number of fused-ring (bicyclic) bond motifs is 1. The number of aliphatic hydroxyl groups excluding tert-OH is 1. The number of anilines is 1. The quantitative estimate of drug-likeness (QED) is 0.188. The number of amides is 1. The highest BCUT2D eigenvalue weighted by molar-refractivity contribution is 7.18. The molecule has 3 aromatic rings. The van der Waals surface area contributed by atoms with Crippen LogP contribution in [-0.4, -0.2) is 40.3 Å². The van der Waals surface area contributed by atoms with Gasteiger partial charge in [0.1, 0.15) is 23.4 Å². The zero-order chi connectivity index (χ0) is 27.1. The largest absolute Gasteiger partial charge is 0.507 e. The standard InChI is InChI=1S/C29H28N2O6S/c1-5-11-36-21-8-6-7-18(14-21)24-23(25(33)19-9-10-22-20(13-19)12-15(2)37-22)26(34)28(35)31(24)29-30-16(3)27(38-29)17(4)32/h6-10,13-15,24,33H,5,11-12H2,1-4H3/b25-23+/t15-,24-/m1/s1. The Labute approximate surface area is 224 Å². The highest BCUT2D eigenvalue weighted by Crippen LogP contribution is 2.45. The second kappa shape index (κ2) is 10.1. The number of aryl methyl sites for hydroxylation is 1. The first kappa shape index (κ1) is 25.7. The van der Waals surface area contributed by atoms with Crippen molar-refractivity contribution >= 4 is 39.7 Å². The molecule has 0 aliphatic carbocycles. The Morgan fingerprint density at radius 1 is 1.24 bits per heavy atom. The molecule has 1 amide bonds. The van der Waals surface area contributed by atoms with Crippen molar-refractivity contribution in [2.24, 2.45) is 0 Å². The van der Waals surface area contributed by atoms with Crippen molar-refractivity contribution < 1.29 is 29.0 Å². The minimum absolute atomic E-state index is 0.0162. The predicted octanol–water partition coefficient (Wildman–Crippen LogP) is 5.39. The fourth-order valence-electron chi connectivity index (χ4n) is 4.88. The van der Waals surface area contributed by atoms with Gasteiger partial charge >= 0.3 is 5.91 Å². The van der Waals surface area contributed by atoms with Crippen molar-refractivity contribution in [3.8, 4) is 11.5 Å². The van der Waals surface area contributed by atoms with Crippen molar-refractivity contribution in [2.45, 2.75) is 52.7 Å². The van der Waals surface area contributed by atoms with Crippen LogP contribution in [0.15, 0.2) is 48.0 Å². The van der Waals surface area contributed by atoms with E-state index in [9.17, 15) is 19.5 Å². The summed E-state index contributed by atoms with van der Waals surface area (Å²) in [5, 5.41) is 11.7. The lowest BCUT2D eigenvalue weighted by Crippen LogP contribution is -2.29. The Morgan fingerprint density at radius 3 is 2.74 bits per heavy atom. The lowest BCUT2D eigenvalue weighted by molar-refractivity contribution is -0.132. The molecule has 2 atom stereocenters. The number of nitrogens with zero attached hydrogens (tertiary/aromatic N) is 2. The molecule has 0 saturated carbocycles. The molecule has 1 fully saturated rings. The fourth-order valence-corrected chi connectivity index (χ4v) is 5.87. The lowest BCUT2D eigenvalue weighted by atomic mass is 9.94. The van der Waals surface area contributed by atoms with Crippen LogP contribution in [0.2, 0.25) is 0 Å². The van der Waals surface area contributed by atoms with Gasteiger partial charge in [-0.25, -0.2) is 4.98 Å². The van der Waals surface area contributed by atoms with Gasteiger partial charge in [-0.3, -0.25) is 19.3 Å². The van der Waals surface area contributed by atoms with Crippen LogP contribution in [0.25, 0.3) is 5.76 Å². The maximum Gasteiger partial charge on any atom is 0.301 e. The SMILES string of the molecule is CCCOc1cccc([C@@H]2/C(=C(\O)c3ccc4c(c3)C[C@@H](C)O4)C(=O)C(=O)N2c2nc(C)c(C(C)=O)s2)c1. The number of ketones is 2. The van der Waals surface area contributed by atoms with Crippen molar-refractivity contribution in [1.29, 1.82) is 0 Å². The smallest absolute Gasteiger partial charge is 0.301 e. The van der Waals surface area contributed by atoms with Crippen molar-refractivity contribution in [2.75, 3.05) is 11.5 Å². The number of ether oxygens (including phenoxy) is 2. The molecule has 2 aliphatic heterocycles. The Hall–Kier alpha value is -3.98. The number of benzene rings is 2. The molecule has 9 heteroatoms. The van der Waals surface area contributed by atoms with Gasteiger partial charge in [-0.1, -0.05) is 30.4 Å². The topological polar surface area (TPSA) is 106 Å². The number of hydrogen-bond donors (Lipinski definition) is 1. The number of aliphatic hydroxyl groups is 1. The second-order valence-corrected chi connectivity index (χ2v) is 10.5. The van der Waals surface area contributed by atoms with E-state index in [-0.39, 0.29) is 28.4 Å². The molecule has 5 rings (SSSR count). The number of carbonyl (C=O) groups excluding carboxylic acids is 3. The summed E-state index contributed by atoms with van der Waals surface area (Å²) >= 11 is 1.05. The summed E-state index contributed by atoms with van der Waals surface area (Å²) in [5.41, 5.74) is 2.35. The molecule has 0 radical (unpaired) electrons. The zero-order valence-corrected chi connectivity index (χ0v) is 22.4. The highest BCUT2D eigenvalue weighted by Gasteiger charge is 2.48. The minimum atomic E-state index is -0.964. The summed E-state index contributed by atoms with van der Waals surface area (Å²) in [7, 11) is 0. The van der Waals surface area contributed by atoms with Crippen LogP contribution in [0.4, 0.5) is 5.13 Å². The number of Topliss-reactive ketones (excluding diaryl/α,β-unsaturated/α-hetero) is 2. The van der Waals surface area contributed by atoms with Crippen LogP contribution in [0.1, 0.15) is 65.3 Å². The van der Waals surface area contributed by atoms with Gasteiger partial charge in [0.25, 0.3) is 5.78 Å². The highest BCUT2D eigenvalue weighted by atomic mass is 32.1. The van der Waals surface area contributed by atoms with E-state index in [4.69, 9.17) is 9.47 Å². The van der Waals surface area contributed by atoms with E-state index in [1.165, 1.54) is 11.8 Å². The van der Waals surface area contributed by atoms with Gasteiger partial charge in [0.2, 0.25) is 0 Å². The average molecular weight is 533 g/mol. The third-order valence-corrected chi connectivity index (χ3v) is 7.83. The van der Waals surface area contributed by atoms with E-state index in [1.54, 1.807) is 49.4 Å². The summed E-state index contributed by atoms with van der Waals surface area (Å²) in [4.78, 5) is 45.3. The predicted molar refractivity (Wildman–Crippen MR) is 144 cm³/mol. The van der Waals surface area contributed by atoms with E-state index in [0.717, 1.165) is 29.1 Å². The van der Waals surface area contributed by atoms with Crippen LogP contribution < -0.4 is 14.4 Å². The normalized spacial score (nSPS) is 19.9. The van der Waals surface area contributed by atoms with Gasteiger partial charge in [-0.05, 0) is 61.7 Å². The summed E-state index contributed by atoms with van der Waals surface area (Å²) < 4.78 is 11.6. The zero-order valence-electron chi connectivity index (χ0n) is 21.6. The number of thiazole rings is 1. The summed E-state index contributed by atoms with van der Waals surface area (Å²) in [5.74, 6) is -0.782. The third-order valence-electron chi connectivity index (χ3n) is 6.57. The van der Waals surface area contributed by atoms with Gasteiger partial charge in [0, 0.05) is 18.9 Å². The summed E-state index contributed by atoms with van der Waals surface area (Å²) in [6.45, 7) is 7.59. The molecule has 1 aromatic heterocycles. The second-order valence-electron chi connectivity index (χ2n) is 9.51. The van der Waals surface area contributed by atoms with Crippen molar-refractivity contribution in [1.82, 2.24) is 4.98 Å². The van der Waals surface area contributed by atoms with Crippen LogP contribution in [0.3, 0.4) is 0 Å². The molecule has 8 nitrogen and oxygen atoms in total. The molecule has 0 bridgehead atoms. The van der Waals surface area contributed by atoms with Gasteiger partial charge in [0.15, 0.2) is 10.9 Å². The number of hydrogen-bond acceptors (Lipinski definition) is 8. The minimum Gasteiger partial charge on any atom is -0.507 e. The van der Waals surface area contributed by atoms with Gasteiger partial charge < -0.3 is 14.6 Å². The summed E-state index contributed by atoms with van der Waals surface area (Å²) in [6, 6.07) is 11.4. The summed E-state index contributed by atoms with van der Waals surface area (Å²) in [6.07, 6.45) is 1.51. The van der Waals surface area contributed by atoms with E-state index >= 15 is 0 Å². The van der Waals surface area contributed by atoms with Gasteiger partial charge in [-0.15, -0.1) is 0 Å². The molecule has 3 heterocycles. The molecule has 2 aliphatic rings. The molecule has 0 unspecified atom stereocenters. The first-order valence-corrected chi connectivity index (χ1v) is 13.3. The Balaban J connectivity index is 1.68. The van der Waals surface area contributed by atoms with Gasteiger partial charge in [-0.2, -0.15) is 0 Å². The van der Waals surface area contributed by atoms with Crippen molar-refractivity contribution in [3.05, 3.63) is 75.3 Å². The molecule has 1 saturated heterocycles. The van der Waals surface area contributed by atoms with E-state index in [0.29, 0.717) is 40.5 Å².